The molecular formula is C17H20FN3O3. The number of piperidine rings is 1. The average molecular weight is 333 g/mol. The first-order valence-electron chi connectivity index (χ1n) is 7.96. The molecule has 128 valence electrons. The van der Waals surface area contributed by atoms with Crippen LogP contribution in [0.25, 0.3) is 0 Å². The van der Waals surface area contributed by atoms with E-state index >= 15 is 0 Å². The number of nitrogens with zero attached hydrogens (tertiary/aromatic N) is 3. The van der Waals surface area contributed by atoms with Crippen LogP contribution in [0.3, 0.4) is 0 Å². The number of carbonyl (C=O) groups excluding carboxylic acids is 1. The van der Waals surface area contributed by atoms with Crippen molar-refractivity contribution in [2.75, 3.05) is 20.2 Å². The van der Waals surface area contributed by atoms with Crippen molar-refractivity contribution in [1.82, 2.24) is 15.0 Å². The van der Waals surface area contributed by atoms with Gasteiger partial charge < -0.3 is 9.26 Å². The molecule has 7 heteroatoms. The molecule has 0 saturated carbocycles. The Morgan fingerprint density at radius 2 is 2.00 bits per heavy atom. The van der Waals surface area contributed by atoms with E-state index in [0.717, 1.165) is 18.4 Å². The van der Waals surface area contributed by atoms with Crippen molar-refractivity contribution in [1.29, 1.82) is 0 Å². The summed E-state index contributed by atoms with van der Waals surface area (Å²) < 4.78 is 23.4. The Kier molecular flexibility index (Phi) is 4.89. The minimum Gasteiger partial charge on any atom is -0.468 e. The topological polar surface area (TPSA) is 68.5 Å². The van der Waals surface area contributed by atoms with Crippen molar-refractivity contribution in [3.63, 3.8) is 0 Å². The van der Waals surface area contributed by atoms with Crippen LogP contribution in [0.1, 0.15) is 42.1 Å². The maximum atomic E-state index is 13.2. The van der Waals surface area contributed by atoms with Gasteiger partial charge in [-0.1, -0.05) is 17.3 Å². The van der Waals surface area contributed by atoms with Crippen LogP contribution in [0.4, 0.5) is 4.39 Å². The number of aryl methyl sites for hydroxylation is 1. The molecule has 1 atom stereocenters. The monoisotopic (exact) mass is 333 g/mol. The molecule has 0 radical (unpaired) electrons. The van der Waals surface area contributed by atoms with Gasteiger partial charge >= 0.3 is 5.97 Å². The SMILES string of the molecule is COC(=O)C(c1ccc(F)cc1)N1CCC(c2nc(C)no2)CC1. The van der Waals surface area contributed by atoms with Gasteiger partial charge in [0.25, 0.3) is 0 Å². The molecule has 1 fully saturated rings. The van der Waals surface area contributed by atoms with E-state index in [4.69, 9.17) is 9.26 Å². The zero-order chi connectivity index (χ0) is 17.1. The Hall–Kier alpha value is -2.28. The molecule has 1 aliphatic rings. The van der Waals surface area contributed by atoms with E-state index in [1.54, 1.807) is 19.1 Å². The Labute approximate surface area is 139 Å². The van der Waals surface area contributed by atoms with Gasteiger partial charge in [0, 0.05) is 19.0 Å². The summed E-state index contributed by atoms with van der Waals surface area (Å²) >= 11 is 0. The van der Waals surface area contributed by atoms with Gasteiger partial charge in [-0.15, -0.1) is 0 Å². The van der Waals surface area contributed by atoms with E-state index in [-0.39, 0.29) is 17.7 Å². The molecule has 2 heterocycles. The molecule has 0 amide bonds. The minimum atomic E-state index is -0.527. The van der Waals surface area contributed by atoms with Crippen molar-refractivity contribution >= 4 is 5.97 Å². The zero-order valence-electron chi connectivity index (χ0n) is 13.7. The van der Waals surface area contributed by atoms with Gasteiger partial charge in [0.05, 0.1) is 7.11 Å². The van der Waals surface area contributed by atoms with Crippen LogP contribution < -0.4 is 0 Å². The van der Waals surface area contributed by atoms with Crippen molar-refractivity contribution in [2.45, 2.75) is 31.7 Å². The third kappa shape index (κ3) is 3.46. The van der Waals surface area contributed by atoms with Gasteiger partial charge in [-0.25, -0.2) is 9.18 Å². The van der Waals surface area contributed by atoms with Gasteiger partial charge in [0.1, 0.15) is 11.9 Å². The first-order valence-corrected chi connectivity index (χ1v) is 7.96. The second-order valence-corrected chi connectivity index (χ2v) is 5.97. The number of likely N-dealkylation sites (tertiary alicyclic amines) is 1. The first-order chi connectivity index (χ1) is 11.6. The zero-order valence-corrected chi connectivity index (χ0v) is 13.7. The lowest BCUT2D eigenvalue weighted by Crippen LogP contribution is -2.40. The number of hydrogen-bond donors (Lipinski definition) is 0. The lowest BCUT2D eigenvalue weighted by Gasteiger charge is -2.35. The number of ether oxygens (including phenoxy) is 1. The van der Waals surface area contributed by atoms with Crippen LogP contribution in [0.5, 0.6) is 0 Å². The van der Waals surface area contributed by atoms with E-state index in [2.05, 4.69) is 15.0 Å². The molecule has 6 nitrogen and oxygen atoms in total. The lowest BCUT2D eigenvalue weighted by molar-refractivity contribution is -0.147. The Morgan fingerprint density at radius 1 is 1.33 bits per heavy atom. The third-order valence-electron chi connectivity index (χ3n) is 4.40. The minimum absolute atomic E-state index is 0.203. The summed E-state index contributed by atoms with van der Waals surface area (Å²) in [7, 11) is 1.37. The molecule has 1 aliphatic heterocycles. The molecule has 1 aromatic carbocycles. The lowest BCUT2D eigenvalue weighted by atomic mass is 9.94. The second kappa shape index (κ2) is 7.09. The van der Waals surface area contributed by atoms with Gasteiger partial charge in [-0.2, -0.15) is 4.98 Å². The van der Waals surface area contributed by atoms with Crippen molar-refractivity contribution in [3.8, 4) is 0 Å². The number of hydrogen-bond acceptors (Lipinski definition) is 6. The van der Waals surface area contributed by atoms with Crippen molar-refractivity contribution in [2.24, 2.45) is 0 Å². The number of halogens is 1. The molecule has 0 aliphatic carbocycles. The van der Waals surface area contributed by atoms with Crippen LogP contribution >= 0.6 is 0 Å². The summed E-state index contributed by atoms with van der Waals surface area (Å²) in [6.07, 6.45) is 1.63. The van der Waals surface area contributed by atoms with E-state index in [0.29, 0.717) is 24.8 Å². The molecule has 1 saturated heterocycles. The fourth-order valence-electron chi connectivity index (χ4n) is 3.14. The van der Waals surface area contributed by atoms with Crippen LogP contribution in [-0.4, -0.2) is 41.2 Å². The molecule has 0 N–H and O–H groups in total. The number of benzene rings is 1. The normalized spacial score (nSPS) is 17.6. The van der Waals surface area contributed by atoms with Crippen LogP contribution in [0.15, 0.2) is 28.8 Å². The summed E-state index contributed by atoms with van der Waals surface area (Å²) in [6.45, 7) is 3.19. The number of rotatable bonds is 4. The summed E-state index contributed by atoms with van der Waals surface area (Å²) in [4.78, 5) is 18.6. The summed E-state index contributed by atoms with van der Waals surface area (Å²) in [5.74, 6) is 0.824. The Bertz CT molecular complexity index is 693. The molecule has 0 spiro atoms. The van der Waals surface area contributed by atoms with Gasteiger partial charge in [0.2, 0.25) is 5.89 Å². The second-order valence-electron chi connectivity index (χ2n) is 5.97. The molecule has 1 aromatic heterocycles. The molecule has 3 rings (SSSR count). The van der Waals surface area contributed by atoms with Crippen molar-refractivity contribution in [3.05, 3.63) is 47.4 Å². The smallest absolute Gasteiger partial charge is 0.327 e. The van der Waals surface area contributed by atoms with Crippen LogP contribution in [-0.2, 0) is 9.53 Å². The quantitative estimate of drug-likeness (QED) is 0.801. The highest BCUT2D eigenvalue weighted by molar-refractivity contribution is 5.77. The Balaban J connectivity index is 1.73. The number of methoxy groups -OCH3 is 1. The summed E-state index contributed by atoms with van der Waals surface area (Å²) in [5, 5.41) is 3.83. The first kappa shape index (κ1) is 16.6. The molecule has 24 heavy (non-hydrogen) atoms. The standard InChI is InChI=1S/C17H20FN3O3/c1-11-19-16(24-20-11)13-7-9-21(10-8-13)15(17(22)23-2)12-3-5-14(18)6-4-12/h3-6,13,15H,7-10H2,1-2H3. The Morgan fingerprint density at radius 3 is 2.54 bits per heavy atom. The van der Waals surface area contributed by atoms with Gasteiger partial charge in [0.15, 0.2) is 5.82 Å². The summed E-state index contributed by atoms with van der Waals surface area (Å²) in [5.41, 5.74) is 0.732. The molecular weight excluding hydrogens is 313 g/mol. The van der Waals surface area contributed by atoms with E-state index in [1.807, 2.05) is 0 Å². The average Bonchev–Trinajstić information content (AvgIpc) is 3.03. The maximum absolute atomic E-state index is 13.2. The molecule has 1 unspecified atom stereocenters. The highest BCUT2D eigenvalue weighted by atomic mass is 19.1. The predicted octanol–water partition coefficient (Wildman–Crippen LogP) is 2.61. The van der Waals surface area contributed by atoms with E-state index < -0.39 is 6.04 Å². The maximum Gasteiger partial charge on any atom is 0.327 e. The fourth-order valence-corrected chi connectivity index (χ4v) is 3.14. The predicted molar refractivity (Wildman–Crippen MR) is 83.7 cm³/mol. The number of esters is 1. The third-order valence-corrected chi connectivity index (χ3v) is 4.40. The molecule has 0 bridgehead atoms. The van der Waals surface area contributed by atoms with Gasteiger partial charge in [-0.3, -0.25) is 4.90 Å². The largest absolute Gasteiger partial charge is 0.468 e. The van der Waals surface area contributed by atoms with E-state index in [1.165, 1.54) is 19.2 Å². The van der Waals surface area contributed by atoms with Crippen molar-refractivity contribution < 1.29 is 18.4 Å². The molecule has 2 aromatic rings. The van der Waals surface area contributed by atoms with Gasteiger partial charge in [-0.05, 0) is 37.5 Å². The van der Waals surface area contributed by atoms with Crippen LogP contribution in [0, 0.1) is 12.7 Å². The van der Waals surface area contributed by atoms with E-state index in [9.17, 15) is 9.18 Å². The summed E-state index contributed by atoms with van der Waals surface area (Å²) in [6, 6.07) is 5.45. The number of carbonyl (C=O) groups is 1. The highest BCUT2D eigenvalue weighted by Crippen LogP contribution is 2.32. The van der Waals surface area contributed by atoms with Crippen LogP contribution in [0.2, 0.25) is 0 Å². The number of aromatic nitrogens is 2. The highest BCUT2D eigenvalue weighted by Gasteiger charge is 2.33. The fraction of sp³-hybridized carbons (Fsp3) is 0.471.